The maximum absolute atomic E-state index is 12.2. The molecule has 0 radical (unpaired) electrons. The van der Waals surface area contributed by atoms with Crippen molar-refractivity contribution in [3.05, 3.63) is 42.0 Å². The molecular formula is C22H24N2O7. The Kier molecular flexibility index (Phi) is 6.96. The minimum absolute atomic E-state index is 0.0150. The SMILES string of the molecule is COc1cc(NC(=O)COC(=O)c2ccc(NC(=O)C3CC3)cc2)cc(OC)c1OC. The topological polar surface area (TPSA) is 112 Å². The predicted molar refractivity (Wildman–Crippen MR) is 113 cm³/mol. The zero-order valence-corrected chi connectivity index (χ0v) is 17.5. The molecule has 0 heterocycles. The molecule has 0 saturated heterocycles. The summed E-state index contributed by atoms with van der Waals surface area (Å²) in [7, 11) is 4.41. The van der Waals surface area contributed by atoms with E-state index in [1.807, 2.05) is 0 Å². The number of methoxy groups -OCH3 is 3. The lowest BCUT2D eigenvalue weighted by molar-refractivity contribution is -0.119. The average Bonchev–Trinajstić information content (AvgIpc) is 3.62. The second kappa shape index (κ2) is 9.84. The summed E-state index contributed by atoms with van der Waals surface area (Å²) >= 11 is 0. The number of nitrogens with one attached hydrogen (secondary N) is 2. The van der Waals surface area contributed by atoms with E-state index >= 15 is 0 Å². The monoisotopic (exact) mass is 428 g/mol. The minimum atomic E-state index is -0.653. The lowest BCUT2D eigenvalue weighted by Gasteiger charge is -2.14. The third-order valence-corrected chi connectivity index (χ3v) is 4.62. The highest BCUT2D eigenvalue weighted by molar-refractivity contribution is 5.97. The molecule has 1 aliphatic carbocycles. The number of carbonyl (C=O) groups excluding carboxylic acids is 3. The van der Waals surface area contributed by atoms with Gasteiger partial charge in [0.2, 0.25) is 11.7 Å². The molecule has 2 aromatic carbocycles. The molecule has 1 saturated carbocycles. The molecule has 0 atom stereocenters. The second-order valence-corrected chi connectivity index (χ2v) is 6.88. The Morgan fingerprint density at radius 1 is 0.871 bits per heavy atom. The van der Waals surface area contributed by atoms with Gasteiger partial charge in [-0.25, -0.2) is 4.79 Å². The van der Waals surface area contributed by atoms with Crippen molar-refractivity contribution in [2.75, 3.05) is 38.6 Å². The van der Waals surface area contributed by atoms with Gasteiger partial charge in [-0.1, -0.05) is 0 Å². The number of amides is 2. The molecule has 2 amide bonds. The Morgan fingerprint density at radius 2 is 1.48 bits per heavy atom. The number of anilines is 2. The molecule has 0 aliphatic heterocycles. The Labute approximate surface area is 179 Å². The van der Waals surface area contributed by atoms with E-state index in [4.69, 9.17) is 18.9 Å². The molecule has 0 spiro atoms. The van der Waals surface area contributed by atoms with Crippen LogP contribution in [-0.4, -0.2) is 45.7 Å². The molecular weight excluding hydrogens is 404 g/mol. The van der Waals surface area contributed by atoms with Gasteiger partial charge in [0.25, 0.3) is 5.91 Å². The number of rotatable bonds is 9. The predicted octanol–water partition coefficient (Wildman–Crippen LogP) is 2.86. The largest absolute Gasteiger partial charge is 0.493 e. The van der Waals surface area contributed by atoms with E-state index < -0.39 is 18.5 Å². The van der Waals surface area contributed by atoms with E-state index in [1.54, 1.807) is 24.3 Å². The highest BCUT2D eigenvalue weighted by atomic mass is 16.5. The van der Waals surface area contributed by atoms with Crippen molar-refractivity contribution >= 4 is 29.2 Å². The summed E-state index contributed by atoms with van der Waals surface area (Å²) in [5.41, 5.74) is 1.27. The molecule has 9 nitrogen and oxygen atoms in total. The quantitative estimate of drug-likeness (QED) is 0.591. The van der Waals surface area contributed by atoms with Crippen molar-refractivity contribution < 1.29 is 33.3 Å². The number of esters is 1. The summed E-state index contributed by atoms with van der Waals surface area (Å²) < 4.78 is 20.8. The van der Waals surface area contributed by atoms with E-state index in [9.17, 15) is 14.4 Å². The standard InChI is InChI=1S/C22H24N2O7/c1-28-17-10-16(11-18(29-2)20(17)30-3)23-19(25)12-31-22(27)14-6-8-15(9-7-14)24-21(26)13-4-5-13/h6-11,13H,4-5,12H2,1-3H3,(H,23,25)(H,24,26). The van der Waals surface area contributed by atoms with Gasteiger partial charge in [-0.3, -0.25) is 9.59 Å². The first kappa shape index (κ1) is 21.9. The summed E-state index contributed by atoms with van der Waals surface area (Å²) in [5, 5.41) is 5.41. The van der Waals surface area contributed by atoms with Gasteiger partial charge >= 0.3 is 5.97 Å². The molecule has 2 N–H and O–H groups in total. The summed E-state index contributed by atoms with van der Waals surface area (Å²) in [4.78, 5) is 36.2. The number of carbonyl (C=O) groups is 3. The molecule has 1 aliphatic rings. The molecule has 2 aromatic rings. The Bertz CT molecular complexity index is 943. The lowest BCUT2D eigenvalue weighted by atomic mass is 10.2. The van der Waals surface area contributed by atoms with Gasteiger partial charge < -0.3 is 29.6 Å². The first-order valence-electron chi connectivity index (χ1n) is 9.63. The van der Waals surface area contributed by atoms with Crippen LogP contribution in [0, 0.1) is 5.92 Å². The fourth-order valence-electron chi connectivity index (χ4n) is 2.84. The molecule has 164 valence electrons. The fraction of sp³-hybridized carbons (Fsp3) is 0.318. The number of hydrogen-bond acceptors (Lipinski definition) is 7. The zero-order chi connectivity index (χ0) is 22.4. The first-order valence-corrected chi connectivity index (χ1v) is 9.63. The van der Waals surface area contributed by atoms with Crippen LogP contribution in [0.5, 0.6) is 17.2 Å². The van der Waals surface area contributed by atoms with Crippen LogP contribution in [0.25, 0.3) is 0 Å². The molecule has 3 rings (SSSR count). The van der Waals surface area contributed by atoms with Crippen LogP contribution < -0.4 is 24.8 Å². The van der Waals surface area contributed by atoms with Gasteiger partial charge in [0.1, 0.15) is 0 Å². The van der Waals surface area contributed by atoms with Gasteiger partial charge in [-0.05, 0) is 37.1 Å². The first-order chi connectivity index (χ1) is 14.9. The van der Waals surface area contributed by atoms with Gasteiger partial charge in [-0.15, -0.1) is 0 Å². The molecule has 31 heavy (non-hydrogen) atoms. The van der Waals surface area contributed by atoms with E-state index in [0.717, 1.165) is 12.8 Å². The maximum Gasteiger partial charge on any atom is 0.338 e. The van der Waals surface area contributed by atoms with E-state index in [1.165, 1.54) is 33.5 Å². The van der Waals surface area contributed by atoms with E-state index in [2.05, 4.69) is 10.6 Å². The lowest BCUT2D eigenvalue weighted by Crippen LogP contribution is -2.21. The zero-order valence-electron chi connectivity index (χ0n) is 17.5. The summed E-state index contributed by atoms with van der Waals surface area (Å²) in [6.45, 7) is -0.477. The van der Waals surface area contributed by atoms with E-state index in [0.29, 0.717) is 28.6 Å². The molecule has 1 fully saturated rings. The molecule has 0 bridgehead atoms. The van der Waals surface area contributed by atoms with Crippen molar-refractivity contribution in [2.45, 2.75) is 12.8 Å². The number of hydrogen-bond donors (Lipinski definition) is 2. The van der Waals surface area contributed by atoms with Crippen molar-refractivity contribution in [2.24, 2.45) is 5.92 Å². The summed E-state index contributed by atoms with van der Waals surface area (Å²) in [5.74, 6) is 0.0425. The van der Waals surface area contributed by atoms with Crippen LogP contribution in [0.3, 0.4) is 0 Å². The number of benzene rings is 2. The molecule has 9 heteroatoms. The van der Waals surface area contributed by atoms with Crippen LogP contribution in [0.15, 0.2) is 36.4 Å². The van der Waals surface area contributed by atoms with Crippen molar-refractivity contribution in [1.29, 1.82) is 0 Å². The minimum Gasteiger partial charge on any atom is -0.493 e. The summed E-state index contributed by atoms with van der Waals surface area (Å²) in [6.07, 6.45) is 1.82. The average molecular weight is 428 g/mol. The molecule has 0 aromatic heterocycles. The van der Waals surface area contributed by atoms with Crippen molar-refractivity contribution in [1.82, 2.24) is 0 Å². The van der Waals surface area contributed by atoms with Gasteiger partial charge in [-0.2, -0.15) is 0 Å². The number of ether oxygens (including phenoxy) is 4. The highest BCUT2D eigenvalue weighted by Gasteiger charge is 2.29. The smallest absolute Gasteiger partial charge is 0.338 e. The Balaban J connectivity index is 1.54. The van der Waals surface area contributed by atoms with Crippen molar-refractivity contribution in [3.8, 4) is 17.2 Å². The van der Waals surface area contributed by atoms with Crippen LogP contribution in [0.2, 0.25) is 0 Å². The van der Waals surface area contributed by atoms with Crippen LogP contribution in [0.1, 0.15) is 23.2 Å². The van der Waals surface area contributed by atoms with Gasteiger partial charge in [0.15, 0.2) is 18.1 Å². The maximum atomic E-state index is 12.2. The van der Waals surface area contributed by atoms with Crippen LogP contribution >= 0.6 is 0 Å². The second-order valence-electron chi connectivity index (χ2n) is 6.88. The van der Waals surface area contributed by atoms with Crippen LogP contribution in [-0.2, 0) is 14.3 Å². The van der Waals surface area contributed by atoms with Crippen LogP contribution in [0.4, 0.5) is 11.4 Å². The summed E-state index contributed by atoms with van der Waals surface area (Å²) in [6, 6.07) is 9.43. The Morgan fingerprint density at radius 3 is 2.00 bits per heavy atom. The fourth-order valence-corrected chi connectivity index (χ4v) is 2.84. The Hall–Kier alpha value is -3.75. The highest BCUT2D eigenvalue weighted by Crippen LogP contribution is 2.39. The van der Waals surface area contributed by atoms with Crippen molar-refractivity contribution in [3.63, 3.8) is 0 Å². The van der Waals surface area contributed by atoms with Gasteiger partial charge in [0.05, 0.1) is 26.9 Å². The normalized spacial score (nSPS) is 12.5. The third kappa shape index (κ3) is 5.65. The van der Waals surface area contributed by atoms with Gasteiger partial charge in [0, 0.05) is 29.4 Å². The molecule has 0 unspecified atom stereocenters. The third-order valence-electron chi connectivity index (χ3n) is 4.62. The van der Waals surface area contributed by atoms with E-state index in [-0.39, 0.29) is 17.4 Å².